The number of rotatable bonds is 5. The number of piperidine rings is 1. The minimum absolute atomic E-state index is 0.00195. The van der Waals surface area contributed by atoms with Gasteiger partial charge in [-0.25, -0.2) is 4.79 Å². The van der Waals surface area contributed by atoms with Crippen LogP contribution in [-0.2, 0) is 9.53 Å². The number of halogens is 1. The van der Waals surface area contributed by atoms with Crippen molar-refractivity contribution in [3.8, 4) is 5.75 Å². The van der Waals surface area contributed by atoms with E-state index >= 15 is 0 Å². The molecule has 1 heterocycles. The molecule has 26 heavy (non-hydrogen) atoms. The summed E-state index contributed by atoms with van der Waals surface area (Å²) >= 11 is 2.23. The highest BCUT2D eigenvalue weighted by Crippen LogP contribution is 2.18. The predicted octanol–water partition coefficient (Wildman–Crippen LogP) is 3.43. The van der Waals surface area contributed by atoms with Crippen molar-refractivity contribution < 1.29 is 19.1 Å². The molecular weight excluding hydrogens is 447 g/mol. The normalized spacial score (nSPS) is 15.5. The molecule has 1 aliphatic heterocycles. The first kappa shape index (κ1) is 20.8. The Morgan fingerprint density at radius 3 is 2.38 bits per heavy atom. The Kier molecular flexibility index (Phi) is 7.55. The Balaban J connectivity index is 1.66. The first-order chi connectivity index (χ1) is 12.2. The van der Waals surface area contributed by atoms with Gasteiger partial charge in [0.05, 0.1) is 0 Å². The van der Waals surface area contributed by atoms with Crippen molar-refractivity contribution >= 4 is 34.6 Å². The molecule has 0 atom stereocenters. The Morgan fingerprint density at radius 2 is 1.81 bits per heavy atom. The van der Waals surface area contributed by atoms with Gasteiger partial charge in [-0.1, -0.05) is 0 Å². The third kappa shape index (κ3) is 7.39. The van der Waals surface area contributed by atoms with Gasteiger partial charge < -0.3 is 19.7 Å². The number of amides is 2. The van der Waals surface area contributed by atoms with Gasteiger partial charge in [-0.3, -0.25) is 4.79 Å². The van der Waals surface area contributed by atoms with E-state index in [0.29, 0.717) is 31.3 Å². The predicted molar refractivity (Wildman–Crippen MR) is 108 cm³/mol. The number of carbonyl (C=O) groups is 2. The monoisotopic (exact) mass is 474 g/mol. The zero-order valence-electron chi connectivity index (χ0n) is 15.6. The summed E-state index contributed by atoms with van der Waals surface area (Å²) in [6.45, 7) is 7.54. The lowest BCUT2D eigenvalue weighted by Crippen LogP contribution is -2.43. The quantitative estimate of drug-likeness (QED) is 0.665. The van der Waals surface area contributed by atoms with Crippen LogP contribution in [0.25, 0.3) is 0 Å². The third-order valence-electron chi connectivity index (χ3n) is 4.08. The lowest BCUT2D eigenvalue weighted by Gasteiger charge is -2.32. The summed E-state index contributed by atoms with van der Waals surface area (Å²) in [5, 5.41) is 2.81. The number of likely N-dealkylation sites (tertiary alicyclic amines) is 1. The molecule has 1 saturated heterocycles. The van der Waals surface area contributed by atoms with Crippen LogP contribution in [0.2, 0.25) is 0 Å². The number of nitrogens with one attached hydrogen (secondary N) is 1. The van der Waals surface area contributed by atoms with Crippen LogP contribution in [0, 0.1) is 9.49 Å². The molecule has 1 aromatic carbocycles. The number of benzene rings is 1. The number of ether oxygens (including phenoxy) is 2. The number of nitrogens with zero attached hydrogens (tertiary/aromatic N) is 1. The standard InChI is InChI=1S/C19H27IN2O4/c1-19(2,3)26-18(24)21-12-14-8-10-22(11-9-14)17(23)13-25-16-6-4-15(20)5-7-16/h4-7,14H,8-13H2,1-3H3,(H,21,24). The first-order valence-electron chi connectivity index (χ1n) is 8.86. The molecule has 0 aliphatic carbocycles. The SMILES string of the molecule is CC(C)(C)OC(=O)NCC1CCN(C(=O)COc2ccc(I)cc2)CC1. The van der Waals surface area contributed by atoms with Crippen LogP contribution in [0.5, 0.6) is 5.75 Å². The van der Waals surface area contributed by atoms with Crippen molar-refractivity contribution in [2.45, 2.75) is 39.2 Å². The van der Waals surface area contributed by atoms with Gasteiger partial charge in [-0.15, -0.1) is 0 Å². The number of hydrogen-bond donors (Lipinski definition) is 1. The third-order valence-corrected chi connectivity index (χ3v) is 4.80. The van der Waals surface area contributed by atoms with Crippen LogP contribution in [0.1, 0.15) is 33.6 Å². The maximum Gasteiger partial charge on any atom is 0.407 e. The van der Waals surface area contributed by atoms with Crippen molar-refractivity contribution in [2.75, 3.05) is 26.2 Å². The number of hydrogen-bond acceptors (Lipinski definition) is 4. The van der Waals surface area contributed by atoms with E-state index < -0.39 is 5.60 Å². The molecule has 1 N–H and O–H groups in total. The highest BCUT2D eigenvalue weighted by atomic mass is 127. The summed E-state index contributed by atoms with van der Waals surface area (Å²) in [5.74, 6) is 1.07. The molecule has 0 bridgehead atoms. The second kappa shape index (κ2) is 9.43. The van der Waals surface area contributed by atoms with Crippen LogP contribution in [0.3, 0.4) is 0 Å². The molecule has 0 radical (unpaired) electrons. The molecule has 2 rings (SSSR count). The minimum atomic E-state index is -0.489. The van der Waals surface area contributed by atoms with Crippen molar-refractivity contribution in [1.29, 1.82) is 0 Å². The first-order valence-corrected chi connectivity index (χ1v) is 9.94. The highest BCUT2D eigenvalue weighted by molar-refractivity contribution is 14.1. The van der Waals surface area contributed by atoms with Crippen LogP contribution in [-0.4, -0.2) is 48.7 Å². The summed E-state index contributed by atoms with van der Waals surface area (Å²) in [7, 11) is 0. The van der Waals surface area contributed by atoms with Crippen molar-refractivity contribution in [2.24, 2.45) is 5.92 Å². The van der Waals surface area contributed by atoms with Crippen LogP contribution >= 0.6 is 22.6 Å². The van der Waals surface area contributed by atoms with Gasteiger partial charge in [-0.2, -0.15) is 0 Å². The molecule has 2 amide bonds. The zero-order valence-corrected chi connectivity index (χ0v) is 17.7. The molecule has 0 unspecified atom stereocenters. The van der Waals surface area contributed by atoms with E-state index in [0.717, 1.165) is 16.4 Å². The fourth-order valence-electron chi connectivity index (χ4n) is 2.70. The molecule has 7 heteroatoms. The van der Waals surface area contributed by atoms with Gasteiger partial charge in [0.2, 0.25) is 0 Å². The molecule has 144 valence electrons. The van der Waals surface area contributed by atoms with Crippen LogP contribution in [0.15, 0.2) is 24.3 Å². The maximum atomic E-state index is 12.3. The molecule has 0 aromatic heterocycles. The van der Waals surface area contributed by atoms with Gasteiger partial charge in [0.1, 0.15) is 11.4 Å². The maximum absolute atomic E-state index is 12.3. The van der Waals surface area contributed by atoms with E-state index in [2.05, 4.69) is 27.9 Å². The van der Waals surface area contributed by atoms with E-state index in [4.69, 9.17) is 9.47 Å². The largest absolute Gasteiger partial charge is 0.484 e. The average Bonchev–Trinajstić information content (AvgIpc) is 2.58. The van der Waals surface area contributed by atoms with Gasteiger partial charge in [0.25, 0.3) is 5.91 Å². The summed E-state index contributed by atoms with van der Waals surface area (Å²) < 4.78 is 11.9. The Morgan fingerprint density at radius 1 is 1.19 bits per heavy atom. The summed E-state index contributed by atoms with van der Waals surface area (Å²) in [6, 6.07) is 7.63. The van der Waals surface area contributed by atoms with Crippen LogP contribution in [0.4, 0.5) is 4.79 Å². The lowest BCUT2D eigenvalue weighted by molar-refractivity contribution is -0.134. The zero-order chi connectivity index (χ0) is 19.2. The van der Waals surface area contributed by atoms with Gasteiger partial charge in [0, 0.05) is 23.2 Å². The summed E-state index contributed by atoms with van der Waals surface area (Å²) in [5.41, 5.74) is -0.489. The van der Waals surface area contributed by atoms with Crippen molar-refractivity contribution in [1.82, 2.24) is 10.2 Å². The van der Waals surface area contributed by atoms with Crippen molar-refractivity contribution in [3.05, 3.63) is 27.8 Å². The van der Waals surface area contributed by atoms with E-state index in [1.165, 1.54) is 0 Å². The van der Waals surface area contributed by atoms with E-state index in [9.17, 15) is 9.59 Å². The molecule has 1 fully saturated rings. The number of alkyl carbamates (subject to hydrolysis) is 1. The Bertz CT molecular complexity index is 605. The highest BCUT2D eigenvalue weighted by Gasteiger charge is 2.24. The average molecular weight is 474 g/mol. The molecule has 6 nitrogen and oxygen atoms in total. The Hall–Kier alpha value is -1.51. The van der Waals surface area contributed by atoms with Crippen molar-refractivity contribution in [3.63, 3.8) is 0 Å². The van der Waals surface area contributed by atoms with E-state index in [1.807, 2.05) is 49.9 Å². The summed E-state index contributed by atoms with van der Waals surface area (Å²) in [4.78, 5) is 25.8. The second-order valence-electron chi connectivity index (χ2n) is 7.45. The minimum Gasteiger partial charge on any atom is -0.484 e. The molecule has 1 aromatic rings. The topological polar surface area (TPSA) is 67.9 Å². The van der Waals surface area contributed by atoms with E-state index in [1.54, 1.807) is 0 Å². The molecular formula is C19H27IN2O4. The fourth-order valence-corrected chi connectivity index (χ4v) is 3.06. The smallest absolute Gasteiger partial charge is 0.407 e. The molecule has 0 saturated carbocycles. The Labute approximate surface area is 168 Å². The van der Waals surface area contributed by atoms with Crippen LogP contribution < -0.4 is 10.1 Å². The summed E-state index contributed by atoms with van der Waals surface area (Å²) in [6.07, 6.45) is 1.35. The lowest BCUT2D eigenvalue weighted by atomic mass is 9.97. The number of carbonyl (C=O) groups excluding carboxylic acids is 2. The fraction of sp³-hybridized carbons (Fsp3) is 0.579. The van der Waals surface area contributed by atoms with Gasteiger partial charge in [-0.05, 0) is 86.4 Å². The second-order valence-corrected chi connectivity index (χ2v) is 8.70. The molecule has 0 spiro atoms. The van der Waals surface area contributed by atoms with Gasteiger partial charge >= 0.3 is 6.09 Å². The van der Waals surface area contributed by atoms with Gasteiger partial charge in [0.15, 0.2) is 6.61 Å². The molecule has 1 aliphatic rings. The van der Waals surface area contributed by atoms with E-state index in [-0.39, 0.29) is 18.6 Å².